The van der Waals surface area contributed by atoms with Crippen molar-refractivity contribution in [3.63, 3.8) is 0 Å². The number of hydrogen-bond acceptors (Lipinski definition) is 2. The minimum Gasteiger partial charge on any atom is -0.295 e. The van der Waals surface area contributed by atoms with Gasteiger partial charge in [-0.05, 0) is 29.7 Å². The molecule has 18 heavy (non-hydrogen) atoms. The Balaban J connectivity index is 2.01. The van der Waals surface area contributed by atoms with Crippen molar-refractivity contribution < 1.29 is 4.39 Å². The van der Waals surface area contributed by atoms with Gasteiger partial charge in [0.05, 0.1) is 18.3 Å². The lowest BCUT2D eigenvalue weighted by Gasteiger charge is -2.33. The van der Waals surface area contributed by atoms with Gasteiger partial charge in [0.1, 0.15) is 0 Å². The molecule has 1 fully saturated rings. The maximum atomic E-state index is 12.0. The molecule has 0 aromatic heterocycles. The summed E-state index contributed by atoms with van der Waals surface area (Å²) in [5.41, 5.74) is 2.94. The van der Waals surface area contributed by atoms with E-state index in [0.717, 1.165) is 29.7 Å². The van der Waals surface area contributed by atoms with Crippen molar-refractivity contribution in [2.75, 3.05) is 26.3 Å². The van der Waals surface area contributed by atoms with Gasteiger partial charge in [-0.1, -0.05) is 28.1 Å². The fourth-order valence-electron chi connectivity index (χ4n) is 2.03. The average molecular weight is 309 g/mol. The van der Waals surface area contributed by atoms with Crippen molar-refractivity contribution >= 4 is 22.0 Å². The van der Waals surface area contributed by atoms with Gasteiger partial charge < -0.3 is 0 Å². The predicted molar refractivity (Wildman–Crippen MR) is 73.9 cm³/mol. The Labute approximate surface area is 115 Å². The van der Waals surface area contributed by atoms with Gasteiger partial charge in [-0.15, -0.1) is 0 Å². The van der Waals surface area contributed by atoms with Gasteiger partial charge >= 0.3 is 0 Å². The number of benzene rings is 1. The van der Waals surface area contributed by atoms with Crippen LogP contribution in [-0.4, -0.2) is 31.2 Å². The summed E-state index contributed by atoms with van der Waals surface area (Å²) in [7, 11) is 0. The molecular weight excluding hydrogens is 295 g/mol. The molecule has 1 heterocycles. The van der Waals surface area contributed by atoms with Crippen LogP contribution in [-0.2, 0) is 0 Å². The van der Waals surface area contributed by atoms with Crippen LogP contribution in [0.25, 0.3) is 6.08 Å². The van der Waals surface area contributed by atoms with Crippen LogP contribution in [0.2, 0.25) is 0 Å². The summed E-state index contributed by atoms with van der Waals surface area (Å²) in [6.45, 7) is 2.35. The molecule has 2 nitrogen and oxygen atoms in total. The molecule has 94 valence electrons. The van der Waals surface area contributed by atoms with E-state index in [4.69, 9.17) is 5.26 Å². The van der Waals surface area contributed by atoms with Gasteiger partial charge in [0.15, 0.2) is 0 Å². The third-order valence-corrected chi connectivity index (χ3v) is 3.45. The summed E-state index contributed by atoms with van der Waals surface area (Å²) in [6.07, 6.45) is 2.67. The molecule has 0 aliphatic carbocycles. The fourth-order valence-corrected chi connectivity index (χ4v) is 2.39. The zero-order chi connectivity index (χ0) is 13.0. The monoisotopic (exact) mass is 308 g/mol. The van der Waals surface area contributed by atoms with Crippen molar-refractivity contribution in [1.29, 1.82) is 5.26 Å². The quantitative estimate of drug-likeness (QED) is 0.852. The SMILES string of the molecule is N#Cc1cc(Br)ccc1C=C1CN(CCCF)C1. The van der Waals surface area contributed by atoms with Gasteiger partial charge in [-0.3, -0.25) is 9.29 Å². The maximum absolute atomic E-state index is 12.0. The van der Waals surface area contributed by atoms with Gasteiger partial charge in [-0.2, -0.15) is 5.26 Å². The third-order valence-electron chi connectivity index (χ3n) is 2.96. The van der Waals surface area contributed by atoms with Crippen LogP contribution >= 0.6 is 15.9 Å². The predicted octanol–water partition coefficient (Wildman–Crippen LogP) is 3.38. The summed E-state index contributed by atoms with van der Waals surface area (Å²) in [5.74, 6) is 0. The highest BCUT2D eigenvalue weighted by Gasteiger charge is 2.19. The molecular formula is C14H14BrFN2. The lowest BCUT2D eigenvalue weighted by atomic mass is 10.0. The molecule has 1 aliphatic heterocycles. The van der Waals surface area contributed by atoms with Crippen molar-refractivity contribution in [2.45, 2.75) is 6.42 Å². The Morgan fingerprint density at radius 2 is 2.22 bits per heavy atom. The lowest BCUT2D eigenvalue weighted by Crippen LogP contribution is -2.40. The van der Waals surface area contributed by atoms with E-state index in [2.05, 4.69) is 33.0 Å². The van der Waals surface area contributed by atoms with Crippen LogP contribution in [0.15, 0.2) is 28.2 Å². The second-order valence-corrected chi connectivity index (χ2v) is 5.31. The molecule has 0 unspecified atom stereocenters. The second-order valence-electron chi connectivity index (χ2n) is 4.40. The minimum atomic E-state index is -0.249. The van der Waals surface area contributed by atoms with E-state index in [-0.39, 0.29) is 6.67 Å². The fraction of sp³-hybridized carbons (Fsp3) is 0.357. The Hall–Kier alpha value is -1.18. The van der Waals surface area contributed by atoms with Crippen LogP contribution in [0.1, 0.15) is 17.5 Å². The highest BCUT2D eigenvalue weighted by molar-refractivity contribution is 9.10. The van der Waals surface area contributed by atoms with E-state index in [1.807, 2.05) is 18.2 Å². The van der Waals surface area contributed by atoms with Gasteiger partial charge in [0.2, 0.25) is 0 Å². The molecule has 0 saturated carbocycles. The maximum Gasteiger partial charge on any atom is 0.0998 e. The van der Waals surface area contributed by atoms with Crippen molar-refractivity contribution in [3.8, 4) is 6.07 Å². The van der Waals surface area contributed by atoms with E-state index >= 15 is 0 Å². The molecule has 2 rings (SSSR count). The van der Waals surface area contributed by atoms with E-state index in [9.17, 15) is 4.39 Å². The van der Waals surface area contributed by atoms with Gasteiger partial charge in [-0.25, -0.2) is 0 Å². The van der Waals surface area contributed by atoms with Crippen LogP contribution in [0.3, 0.4) is 0 Å². The Kier molecular flexibility index (Phi) is 4.51. The normalized spacial score (nSPS) is 15.1. The number of rotatable bonds is 4. The largest absolute Gasteiger partial charge is 0.295 e. The summed E-state index contributed by atoms with van der Waals surface area (Å²) in [4.78, 5) is 2.20. The number of nitriles is 1. The third kappa shape index (κ3) is 3.18. The Morgan fingerprint density at radius 3 is 2.89 bits per heavy atom. The highest BCUT2D eigenvalue weighted by atomic mass is 79.9. The summed E-state index contributed by atoms with van der Waals surface area (Å²) in [5, 5.41) is 9.06. The molecule has 1 aromatic rings. The van der Waals surface area contributed by atoms with Crippen LogP contribution < -0.4 is 0 Å². The average Bonchev–Trinajstić information content (AvgIpc) is 2.33. The smallest absolute Gasteiger partial charge is 0.0998 e. The standard InChI is InChI=1S/C14H14BrFN2/c15-14-3-2-12(13(7-14)8-17)6-11-9-18(10-11)5-1-4-16/h2-3,6-7H,1,4-5,9-10H2. The van der Waals surface area contributed by atoms with E-state index in [0.29, 0.717) is 12.0 Å². The van der Waals surface area contributed by atoms with E-state index < -0.39 is 0 Å². The second kappa shape index (κ2) is 6.12. The lowest BCUT2D eigenvalue weighted by molar-refractivity contribution is 0.239. The number of nitrogens with zero attached hydrogens (tertiary/aromatic N) is 2. The minimum absolute atomic E-state index is 0.249. The van der Waals surface area contributed by atoms with Crippen LogP contribution in [0.4, 0.5) is 4.39 Å². The summed E-state index contributed by atoms with van der Waals surface area (Å²) < 4.78 is 12.9. The van der Waals surface area contributed by atoms with Crippen molar-refractivity contribution in [1.82, 2.24) is 4.90 Å². The number of alkyl halides is 1. The number of hydrogen-bond donors (Lipinski definition) is 0. The van der Waals surface area contributed by atoms with Crippen LogP contribution in [0.5, 0.6) is 0 Å². The van der Waals surface area contributed by atoms with Crippen molar-refractivity contribution in [3.05, 3.63) is 39.4 Å². The van der Waals surface area contributed by atoms with E-state index in [1.165, 1.54) is 5.57 Å². The van der Waals surface area contributed by atoms with Crippen molar-refractivity contribution in [2.24, 2.45) is 0 Å². The molecule has 1 aliphatic rings. The van der Waals surface area contributed by atoms with E-state index in [1.54, 1.807) is 0 Å². The first-order valence-electron chi connectivity index (χ1n) is 5.90. The van der Waals surface area contributed by atoms with Gasteiger partial charge in [0, 0.05) is 24.1 Å². The number of halogens is 2. The first-order valence-corrected chi connectivity index (χ1v) is 6.69. The Bertz CT molecular complexity index is 497. The topological polar surface area (TPSA) is 27.0 Å². The molecule has 0 amide bonds. The number of likely N-dealkylation sites (tertiary alicyclic amines) is 1. The summed E-state index contributed by atoms with van der Waals surface area (Å²) in [6, 6.07) is 7.90. The molecule has 0 spiro atoms. The first-order chi connectivity index (χ1) is 8.72. The zero-order valence-corrected chi connectivity index (χ0v) is 11.6. The molecule has 1 aromatic carbocycles. The molecule has 0 atom stereocenters. The molecule has 0 radical (unpaired) electrons. The van der Waals surface area contributed by atoms with Gasteiger partial charge in [0.25, 0.3) is 0 Å². The zero-order valence-electron chi connectivity index (χ0n) is 10.00. The molecule has 4 heteroatoms. The summed E-state index contributed by atoms with van der Waals surface area (Å²) >= 11 is 3.36. The Morgan fingerprint density at radius 1 is 1.44 bits per heavy atom. The molecule has 1 saturated heterocycles. The molecule has 0 bridgehead atoms. The first kappa shape index (κ1) is 13.3. The highest BCUT2D eigenvalue weighted by Crippen LogP contribution is 2.22. The molecule has 0 N–H and O–H groups in total. The van der Waals surface area contributed by atoms with Crippen LogP contribution in [0, 0.1) is 11.3 Å².